The number of amides is 1. The van der Waals surface area contributed by atoms with Crippen LogP contribution in [0.25, 0.3) is 21.8 Å². The first-order valence-electron chi connectivity index (χ1n) is 13.1. The van der Waals surface area contributed by atoms with Crippen LogP contribution in [0.2, 0.25) is 0 Å². The number of aromatic carboxylic acids is 1. The minimum absolute atomic E-state index is 0.0318. The van der Waals surface area contributed by atoms with E-state index in [9.17, 15) is 19.5 Å². The summed E-state index contributed by atoms with van der Waals surface area (Å²) in [5.74, 6) is -0.836. The van der Waals surface area contributed by atoms with E-state index in [4.69, 9.17) is 0 Å². The van der Waals surface area contributed by atoms with Crippen molar-refractivity contribution in [3.05, 3.63) is 75.2 Å². The lowest BCUT2D eigenvalue weighted by molar-refractivity contribution is 0.0680. The summed E-state index contributed by atoms with van der Waals surface area (Å²) in [5, 5.41) is 15.6. The van der Waals surface area contributed by atoms with Crippen LogP contribution in [0, 0.1) is 6.92 Å². The number of carbonyl (C=O) groups excluding carboxylic acids is 1. The molecule has 0 bridgehead atoms. The summed E-state index contributed by atoms with van der Waals surface area (Å²) >= 11 is 0. The van der Waals surface area contributed by atoms with Crippen molar-refractivity contribution in [3.63, 3.8) is 0 Å². The highest BCUT2D eigenvalue weighted by molar-refractivity contribution is 6.07. The quantitative estimate of drug-likeness (QED) is 0.411. The van der Waals surface area contributed by atoms with Gasteiger partial charge < -0.3 is 15.0 Å². The van der Waals surface area contributed by atoms with E-state index in [1.165, 1.54) is 0 Å². The summed E-state index contributed by atoms with van der Waals surface area (Å²) in [6.07, 6.45) is 7.48. The van der Waals surface area contributed by atoms with Gasteiger partial charge in [-0.2, -0.15) is 5.10 Å². The van der Waals surface area contributed by atoms with Gasteiger partial charge in [0.1, 0.15) is 0 Å². The Morgan fingerprint density at radius 2 is 1.73 bits per heavy atom. The number of likely N-dealkylation sites (tertiary alicyclic amines) is 1. The van der Waals surface area contributed by atoms with Gasteiger partial charge in [0.15, 0.2) is 0 Å². The van der Waals surface area contributed by atoms with Crippen molar-refractivity contribution in [2.75, 3.05) is 13.1 Å². The van der Waals surface area contributed by atoms with E-state index in [-0.39, 0.29) is 23.4 Å². The fraction of sp³-hybridized carbons (Fsp3) is 0.379. The summed E-state index contributed by atoms with van der Waals surface area (Å²) in [6.45, 7) is 3.03. The number of carboxylic acids is 1. The molecule has 190 valence electrons. The number of fused-ring (bicyclic) bond motifs is 3. The lowest BCUT2D eigenvalue weighted by atomic mass is 9.86. The molecule has 2 aromatic carbocycles. The Kier molecular flexibility index (Phi) is 5.82. The zero-order valence-corrected chi connectivity index (χ0v) is 20.9. The van der Waals surface area contributed by atoms with E-state index in [1.54, 1.807) is 18.3 Å². The van der Waals surface area contributed by atoms with Crippen LogP contribution in [-0.2, 0) is 0 Å². The van der Waals surface area contributed by atoms with Gasteiger partial charge in [0.05, 0.1) is 34.2 Å². The molecule has 1 aliphatic carbocycles. The van der Waals surface area contributed by atoms with Crippen LogP contribution in [0.5, 0.6) is 0 Å². The molecule has 8 nitrogen and oxygen atoms in total. The van der Waals surface area contributed by atoms with Gasteiger partial charge in [0.25, 0.3) is 11.5 Å². The second-order valence-electron chi connectivity index (χ2n) is 10.4. The van der Waals surface area contributed by atoms with Crippen molar-refractivity contribution in [1.29, 1.82) is 0 Å². The highest BCUT2D eigenvalue weighted by atomic mass is 16.4. The number of carboxylic acid groups (broad SMARTS) is 1. The molecule has 0 radical (unpaired) electrons. The Bertz CT molecular complexity index is 1590. The highest BCUT2D eigenvalue weighted by Crippen LogP contribution is 2.35. The molecule has 0 unspecified atom stereocenters. The molecule has 0 spiro atoms. The minimum atomic E-state index is -0.915. The SMILES string of the molecule is Cc1cc2[nH]c(=O)c3cnn(C4CCCC4)c3c2cc1C(=O)N1CCC(c2ccccc2C(=O)O)CC1. The van der Waals surface area contributed by atoms with Gasteiger partial charge in [-0.3, -0.25) is 14.3 Å². The first kappa shape index (κ1) is 23.5. The predicted octanol–water partition coefficient (Wildman–Crippen LogP) is 5.02. The number of benzene rings is 2. The van der Waals surface area contributed by atoms with Crippen LogP contribution in [0.1, 0.15) is 82.3 Å². The maximum absolute atomic E-state index is 13.7. The number of aromatic nitrogens is 3. The second-order valence-corrected chi connectivity index (χ2v) is 10.4. The van der Waals surface area contributed by atoms with E-state index >= 15 is 0 Å². The first-order valence-corrected chi connectivity index (χ1v) is 13.1. The number of nitrogens with one attached hydrogen (secondary N) is 1. The fourth-order valence-corrected chi connectivity index (χ4v) is 6.26. The molecule has 2 fully saturated rings. The Hall–Kier alpha value is -3.94. The minimum Gasteiger partial charge on any atom is -0.478 e. The molecule has 1 amide bonds. The van der Waals surface area contributed by atoms with Crippen molar-refractivity contribution in [1.82, 2.24) is 19.7 Å². The van der Waals surface area contributed by atoms with Crippen LogP contribution < -0.4 is 5.56 Å². The molecule has 2 aromatic heterocycles. The molecule has 1 aliphatic heterocycles. The zero-order chi connectivity index (χ0) is 25.7. The molecule has 8 heteroatoms. The van der Waals surface area contributed by atoms with Gasteiger partial charge in [0.2, 0.25) is 0 Å². The summed E-state index contributed by atoms with van der Waals surface area (Å²) in [6, 6.07) is 11.2. The van der Waals surface area contributed by atoms with Gasteiger partial charge in [-0.25, -0.2) is 4.79 Å². The smallest absolute Gasteiger partial charge is 0.335 e. The highest BCUT2D eigenvalue weighted by Gasteiger charge is 2.28. The van der Waals surface area contributed by atoms with E-state index in [0.29, 0.717) is 42.4 Å². The third-order valence-corrected chi connectivity index (χ3v) is 8.22. The number of aryl methyl sites for hydroxylation is 1. The average molecular weight is 499 g/mol. The van der Waals surface area contributed by atoms with Crippen LogP contribution in [0.15, 0.2) is 47.4 Å². The Labute approximate surface area is 213 Å². The monoisotopic (exact) mass is 498 g/mol. The summed E-state index contributed by atoms with van der Waals surface area (Å²) in [5.41, 5.74) is 4.00. The molecule has 0 atom stereocenters. The van der Waals surface area contributed by atoms with Gasteiger partial charge in [-0.05, 0) is 67.9 Å². The normalized spacial score (nSPS) is 17.2. The predicted molar refractivity (Wildman–Crippen MR) is 141 cm³/mol. The number of pyridine rings is 1. The Balaban J connectivity index is 1.32. The molecule has 2 N–H and O–H groups in total. The fourth-order valence-electron chi connectivity index (χ4n) is 6.26. The molecular formula is C29H30N4O4. The van der Waals surface area contributed by atoms with E-state index in [0.717, 1.165) is 53.2 Å². The molecule has 1 saturated carbocycles. The molecule has 37 heavy (non-hydrogen) atoms. The van der Waals surface area contributed by atoms with E-state index in [1.807, 2.05) is 40.8 Å². The number of rotatable bonds is 4. The third-order valence-electron chi connectivity index (χ3n) is 8.22. The number of hydrogen-bond acceptors (Lipinski definition) is 4. The topological polar surface area (TPSA) is 108 Å². The summed E-state index contributed by atoms with van der Waals surface area (Å²) < 4.78 is 1.99. The molecule has 2 aliphatic rings. The van der Waals surface area contributed by atoms with Crippen molar-refractivity contribution in [3.8, 4) is 0 Å². The van der Waals surface area contributed by atoms with E-state index in [2.05, 4.69) is 10.1 Å². The molecule has 1 saturated heterocycles. The standard InChI is InChI=1S/C29H30N4O4/c1-17-14-25-23(26-24(27(34)31-25)16-30-33(26)19-6-2-3-7-19)15-22(17)28(35)32-12-10-18(11-13-32)20-8-4-5-9-21(20)29(36)37/h4-5,8-9,14-16,18-19H,2-3,6-7,10-13H2,1H3,(H,31,34)(H,36,37). The van der Waals surface area contributed by atoms with Crippen LogP contribution in [-0.4, -0.2) is 49.7 Å². The van der Waals surface area contributed by atoms with Crippen molar-refractivity contribution < 1.29 is 14.7 Å². The van der Waals surface area contributed by atoms with Crippen molar-refractivity contribution in [2.45, 2.75) is 57.4 Å². The Morgan fingerprint density at radius 3 is 2.46 bits per heavy atom. The maximum atomic E-state index is 13.7. The molecular weight excluding hydrogens is 468 g/mol. The Morgan fingerprint density at radius 1 is 1.00 bits per heavy atom. The number of nitrogens with zero attached hydrogens (tertiary/aromatic N) is 3. The van der Waals surface area contributed by atoms with Gasteiger partial charge in [0, 0.05) is 24.0 Å². The molecule has 3 heterocycles. The van der Waals surface area contributed by atoms with Crippen LogP contribution in [0.4, 0.5) is 0 Å². The maximum Gasteiger partial charge on any atom is 0.335 e. The van der Waals surface area contributed by atoms with Crippen LogP contribution in [0.3, 0.4) is 0 Å². The molecule has 4 aromatic rings. The van der Waals surface area contributed by atoms with E-state index < -0.39 is 5.97 Å². The van der Waals surface area contributed by atoms with Gasteiger partial charge in [-0.1, -0.05) is 31.0 Å². The second kappa shape index (κ2) is 9.18. The number of carbonyl (C=O) groups is 2. The van der Waals surface area contributed by atoms with Crippen LogP contribution >= 0.6 is 0 Å². The number of aromatic amines is 1. The van der Waals surface area contributed by atoms with Crippen molar-refractivity contribution >= 4 is 33.7 Å². The first-order chi connectivity index (χ1) is 17.9. The lowest BCUT2D eigenvalue weighted by Gasteiger charge is -2.33. The zero-order valence-electron chi connectivity index (χ0n) is 20.9. The van der Waals surface area contributed by atoms with Gasteiger partial charge >= 0.3 is 5.97 Å². The lowest BCUT2D eigenvalue weighted by Crippen LogP contribution is -2.38. The third kappa shape index (κ3) is 4.00. The van der Waals surface area contributed by atoms with Crippen molar-refractivity contribution in [2.24, 2.45) is 0 Å². The summed E-state index contributed by atoms with van der Waals surface area (Å²) in [7, 11) is 0. The largest absolute Gasteiger partial charge is 0.478 e. The molecule has 6 rings (SSSR count). The number of hydrogen-bond donors (Lipinski definition) is 2. The summed E-state index contributed by atoms with van der Waals surface area (Å²) in [4.78, 5) is 43.0. The number of piperidine rings is 1. The average Bonchev–Trinajstić information content (AvgIpc) is 3.59. The van der Waals surface area contributed by atoms with Gasteiger partial charge in [-0.15, -0.1) is 0 Å². The number of H-pyrrole nitrogens is 1.